The maximum Gasteiger partial charge on any atom is 0.341 e. The summed E-state index contributed by atoms with van der Waals surface area (Å²) in [6.07, 6.45) is 1.64. The summed E-state index contributed by atoms with van der Waals surface area (Å²) in [5.41, 5.74) is 2.93. The number of fused-ring (bicyclic) bond motifs is 1. The highest BCUT2D eigenvalue weighted by molar-refractivity contribution is 7.16. The summed E-state index contributed by atoms with van der Waals surface area (Å²) in [4.78, 5) is 38.0. The molecule has 0 spiro atoms. The summed E-state index contributed by atoms with van der Waals surface area (Å²) in [5, 5.41) is 4.07. The molecule has 9 heteroatoms. The molecule has 0 radical (unpaired) electrons. The van der Waals surface area contributed by atoms with E-state index in [9.17, 15) is 9.59 Å². The van der Waals surface area contributed by atoms with Gasteiger partial charge in [0.1, 0.15) is 5.00 Å². The van der Waals surface area contributed by atoms with E-state index in [0.29, 0.717) is 42.0 Å². The number of para-hydroxylation sites is 2. The van der Waals surface area contributed by atoms with Crippen molar-refractivity contribution >= 4 is 50.9 Å². The van der Waals surface area contributed by atoms with Crippen LogP contribution in [0.25, 0.3) is 11.0 Å². The van der Waals surface area contributed by atoms with Gasteiger partial charge in [-0.15, -0.1) is 11.3 Å². The molecule has 2 aromatic heterocycles. The summed E-state index contributed by atoms with van der Waals surface area (Å²) >= 11 is 1.49. The maximum atomic E-state index is 12.7. The lowest BCUT2D eigenvalue weighted by molar-refractivity contribution is -0.148. The number of carbonyl (C=O) groups is 2. The second kappa shape index (κ2) is 10.4. The van der Waals surface area contributed by atoms with Crippen LogP contribution in [0.2, 0.25) is 0 Å². The molecular formula is C25H30N4O4S. The van der Waals surface area contributed by atoms with Gasteiger partial charge in [-0.1, -0.05) is 12.1 Å². The number of esters is 2. The van der Waals surface area contributed by atoms with E-state index in [1.54, 1.807) is 6.92 Å². The smallest absolute Gasteiger partial charge is 0.341 e. The number of nitrogens with one attached hydrogen (secondary N) is 1. The maximum absolute atomic E-state index is 12.7. The Bertz CT molecular complexity index is 1210. The number of piperidine rings is 1. The van der Waals surface area contributed by atoms with Crippen molar-refractivity contribution in [1.82, 2.24) is 9.97 Å². The molecule has 180 valence electrons. The van der Waals surface area contributed by atoms with E-state index in [0.717, 1.165) is 40.9 Å². The minimum absolute atomic E-state index is 0.176. The fraction of sp³-hybridized carbons (Fsp3) is 0.440. The summed E-state index contributed by atoms with van der Waals surface area (Å²) in [6.45, 7) is 9.45. The summed E-state index contributed by atoms with van der Waals surface area (Å²) in [7, 11) is 0. The summed E-state index contributed by atoms with van der Waals surface area (Å²) < 4.78 is 10.6. The molecule has 3 aromatic rings. The zero-order chi connectivity index (χ0) is 24.2. The van der Waals surface area contributed by atoms with Gasteiger partial charge in [-0.25, -0.2) is 14.8 Å². The minimum atomic E-state index is -0.359. The molecule has 1 saturated heterocycles. The number of nitrogens with zero attached hydrogens (tertiary/aromatic N) is 3. The van der Waals surface area contributed by atoms with Crippen molar-refractivity contribution in [3.05, 3.63) is 40.3 Å². The first-order valence-corrected chi connectivity index (χ1v) is 12.5. The van der Waals surface area contributed by atoms with Gasteiger partial charge < -0.3 is 19.7 Å². The van der Waals surface area contributed by atoms with Crippen LogP contribution in [0.4, 0.5) is 16.6 Å². The lowest BCUT2D eigenvalue weighted by atomic mass is 9.98. The van der Waals surface area contributed by atoms with Crippen molar-refractivity contribution in [3.63, 3.8) is 0 Å². The second-order valence-corrected chi connectivity index (χ2v) is 9.48. The largest absolute Gasteiger partial charge is 0.466 e. The van der Waals surface area contributed by atoms with Crippen LogP contribution in [-0.4, -0.2) is 48.2 Å². The Balaban J connectivity index is 1.75. The van der Waals surface area contributed by atoms with Crippen molar-refractivity contribution in [3.8, 4) is 0 Å². The Labute approximate surface area is 203 Å². The van der Waals surface area contributed by atoms with Crippen LogP contribution in [-0.2, 0) is 14.3 Å². The fourth-order valence-electron chi connectivity index (χ4n) is 4.19. The number of carbonyl (C=O) groups excluding carboxylic acids is 2. The van der Waals surface area contributed by atoms with Gasteiger partial charge in [0.15, 0.2) is 11.6 Å². The van der Waals surface area contributed by atoms with E-state index < -0.39 is 0 Å². The van der Waals surface area contributed by atoms with Gasteiger partial charge in [-0.3, -0.25) is 4.79 Å². The molecule has 0 bridgehead atoms. The van der Waals surface area contributed by atoms with Crippen LogP contribution >= 0.6 is 11.3 Å². The normalized spacial score (nSPS) is 15.9. The van der Waals surface area contributed by atoms with Gasteiger partial charge in [0.2, 0.25) is 0 Å². The third-order valence-corrected chi connectivity index (χ3v) is 7.11. The third-order valence-electron chi connectivity index (χ3n) is 5.99. The number of rotatable bonds is 7. The van der Waals surface area contributed by atoms with E-state index in [2.05, 4.69) is 10.2 Å². The lowest BCUT2D eigenvalue weighted by Crippen LogP contribution is -2.40. The van der Waals surface area contributed by atoms with Crippen LogP contribution in [0.1, 0.15) is 47.5 Å². The highest BCUT2D eigenvalue weighted by atomic mass is 32.1. The predicted octanol–water partition coefficient (Wildman–Crippen LogP) is 5.01. The number of aryl methyl sites for hydroxylation is 1. The molecule has 4 rings (SSSR count). The molecule has 34 heavy (non-hydrogen) atoms. The SMILES string of the molecule is CCOC(=O)c1c(Nc2nc3ccccc3nc2N2CCC[C@H](C(=O)OCC)C2)sc(C)c1C. The van der Waals surface area contributed by atoms with Crippen LogP contribution < -0.4 is 10.2 Å². The number of anilines is 3. The van der Waals surface area contributed by atoms with Gasteiger partial charge in [0.25, 0.3) is 0 Å². The molecule has 0 saturated carbocycles. The third kappa shape index (κ3) is 4.84. The molecule has 1 aromatic carbocycles. The first-order valence-electron chi connectivity index (χ1n) is 11.6. The van der Waals surface area contributed by atoms with Crippen LogP contribution in [0, 0.1) is 19.8 Å². The average molecular weight is 483 g/mol. The molecule has 1 N–H and O–H groups in total. The van der Waals surface area contributed by atoms with E-state index in [1.807, 2.05) is 45.0 Å². The number of hydrogen-bond acceptors (Lipinski definition) is 9. The molecule has 1 atom stereocenters. The number of aromatic nitrogens is 2. The molecule has 0 amide bonds. The quantitative estimate of drug-likeness (QED) is 0.470. The van der Waals surface area contributed by atoms with Crippen molar-refractivity contribution in [2.45, 2.75) is 40.5 Å². The van der Waals surface area contributed by atoms with Gasteiger partial charge in [-0.2, -0.15) is 0 Å². The highest BCUT2D eigenvalue weighted by Crippen LogP contribution is 2.38. The average Bonchev–Trinajstić information content (AvgIpc) is 3.11. The molecule has 1 fully saturated rings. The van der Waals surface area contributed by atoms with E-state index in [-0.39, 0.29) is 17.9 Å². The topological polar surface area (TPSA) is 93.6 Å². The number of benzene rings is 1. The Morgan fingerprint density at radius 3 is 2.53 bits per heavy atom. The highest BCUT2D eigenvalue weighted by Gasteiger charge is 2.30. The van der Waals surface area contributed by atoms with Crippen LogP contribution in [0.3, 0.4) is 0 Å². The Morgan fingerprint density at radius 2 is 1.82 bits per heavy atom. The summed E-state index contributed by atoms with van der Waals surface area (Å²) in [6, 6.07) is 7.68. The molecule has 1 aliphatic heterocycles. The van der Waals surface area contributed by atoms with Crippen molar-refractivity contribution in [1.29, 1.82) is 0 Å². The second-order valence-electron chi connectivity index (χ2n) is 8.25. The first kappa shape index (κ1) is 23.9. The Morgan fingerprint density at radius 1 is 1.12 bits per heavy atom. The van der Waals surface area contributed by atoms with E-state index >= 15 is 0 Å². The van der Waals surface area contributed by atoms with Crippen molar-refractivity contribution < 1.29 is 19.1 Å². The fourth-order valence-corrected chi connectivity index (χ4v) is 5.24. The van der Waals surface area contributed by atoms with Crippen LogP contribution in [0.15, 0.2) is 24.3 Å². The standard InChI is InChI=1S/C25H30N4O4S/c1-5-32-24(30)17-10-9-13-29(14-17)22-21(26-18-11-7-8-12-19(18)27-22)28-23-20(25(31)33-6-2)15(3)16(4)34-23/h7-8,11-12,17H,5-6,9-10,13-14H2,1-4H3,(H,26,28)/t17-/m0/s1. The zero-order valence-electron chi connectivity index (χ0n) is 20.0. The van der Waals surface area contributed by atoms with Crippen LogP contribution in [0.5, 0.6) is 0 Å². The Hall–Kier alpha value is -3.20. The molecule has 0 aliphatic carbocycles. The predicted molar refractivity (Wildman–Crippen MR) is 134 cm³/mol. The minimum Gasteiger partial charge on any atom is -0.466 e. The Kier molecular flexibility index (Phi) is 7.31. The zero-order valence-corrected chi connectivity index (χ0v) is 20.8. The first-order chi connectivity index (χ1) is 16.4. The molecule has 0 unspecified atom stereocenters. The lowest BCUT2D eigenvalue weighted by Gasteiger charge is -2.33. The number of hydrogen-bond donors (Lipinski definition) is 1. The monoisotopic (exact) mass is 482 g/mol. The number of ether oxygens (including phenoxy) is 2. The van der Waals surface area contributed by atoms with Gasteiger partial charge in [-0.05, 0) is 58.2 Å². The molecule has 1 aliphatic rings. The molecular weight excluding hydrogens is 452 g/mol. The van der Waals surface area contributed by atoms with Crippen molar-refractivity contribution in [2.75, 3.05) is 36.5 Å². The van der Waals surface area contributed by atoms with E-state index in [4.69, 9.17) is 19.4 Å². The molecule has 8 nitrogen and oxygen atoms in total. The van der Waals surface area contributed by atoms with Crippen molar-refractivity contribution in [2.24, 2.45) is 5.92 Å². The van der Waals surface area contributed by atoms with E-state index in [1.165, 1.54) is 11.3 Å². The van der Waals surface area contributed by atoms with Gasteiger partial charge in [0.05, 0.1) is 35.7 Å². The molecule has 3 heterocycles. The number of thiophene rings is 1. The van der Waals surface area contributed by atoms with Gasteiger partial charge >= 0.3 is 11.9 Å². The summed E-state index contributed by atoms with van der Waals surface area (Å²) in [5.74, 6) is 0.462. The van der Waals surface area contributed by atoms with Gasteiger partial charge in [0, 0.05) is 18.0 Å².